The lowest BCUT2D eigenvalue weighted by molar-refractivity contribution is 0.0745. The summed E-state index contributed by atoms with van der Waals surface area (Å²) in [4.78, 5) is 16.9. The van der Waals surface area contributed by atoms with Crippen molar-refractivity contribution in [3.8, 4) is 17.2 Å². The molecule has 2 aromatic rings. The topological polar surface area (TPSA) is 51.2 Å². The highest BCUT2D eigenvalue weighted by Gasteiger charge is 2.26. The first-order valence-electron chi connectivity index (χ1n) is 10.4. The van der Waals surface area contributed by atoms with Crippen LogP contribution in [0.25, 0.3) is 0 Å². The molecule has 2 aromatic carbocycles. The third-order valence-electron chi connectivity index (χ3n) is 4.92. The van der Waals surface area contributed by atoms with Crippen molar-refractivity contribution < 1.29 is 23.4 Å². The number of rotatable bonds is 8. The molecule has 1 saturated heterocycles. The first kappa shape index (κ1) is 21.7. The Bertz CT molecular complexity index is 839. The number of carbonyl (C=O) groups is 1. The lowest BCUT2D eigenvalue weighted by atomic mass is 10.1. The van der Waals surface area contributed by atoms with Gasteiger partial charge in [0, 0.05) is 31.7 Å². The maximum absolute atomic E-state index is 14.1. The van der Waals surface area contributed by atoms with E-state index in [0.29, 0.717) is 74.5 Å². The normalized spacial score (nSPS) is 13.9. The molecule has 0 aliphatic carbocycles. The van der Waals surface area contributed by atoms with Crippen LogP contribution in [0.2, 0.25) is 0 Å². The van der Waals surface area contributed by atoms with Crippen LogP contribution in [-0.4, -0.2) is 56.8 Å². The standard InChI is InChI=1S/C23H29FN2O4/c1-4-28-20-15-17(16-21(29-5-2)22(20)30-6-3)23(27)26-13-11-25(12-14-26)19-10-8-7-9-18(19)24/h7-10,15-16H,4-6,11-14H2,1-3H3. The molecular formula is C23H29FN2O4. The third-order valence-corrected chi connectivity index (χ3v) is 4.92. The van der Waals surface area contributed by atoms with Crippen molar-refractivity contribution in [3.63, 3.8) is 0 Å². The highest BCUT2D eigenvalue weighted by Crippen LogP contribution is 2.39. The molecule has 0 radical (unpaired) electrons. The number of benzene rings is 2. The predicted molar refractivity (Wildman–Crippen MR) is 114 cm³/mol. The van der Waals surface area contributed by atoms with Crippen molar-refractivity contribution in [2.45, 2.75) is 20.8 Å². The zero-order chi connectivity index (χ0) is 21.5. The van der Waals surface area contributed by atoms with E-state index < -0.39 is 0 Å². The predicted octanol–water partition coefficient (Wildman–Crippen LogP) is 3.98. The van der Waals surface area contributed by atoms with Gasteiger partial charge in [0.05, 0.1) is 25.5 Å². The summed E-state index contributed by atoms with van der Waals surface area (Å²) in [7, 11) is 0. The molecule has 0 spiro atoms. The number of ether oxygens (including phenoxy) is 3. The van der Waals surface area contributed by atoms with E-state index in [1.807, 2.05) is 31.7 Å². The molecule has 0 unspecified atom stereocenters. The Hall–Kier alpha value is -2.96. The number of hydrogen-bond donors (Lipinski definition) is 0. The molecule has 1 aliphatic heterocycles. The van der Waals surface area contributed by atoms with Gasteiger partial charge in [-0.2, -0.15) is 0 Å². The van der Waals surface area contributed by atoms with E-state index in [0.717, 1.165) is 0 Å². The van der Waals surface area contributed by atoms with Gasteiger partial charge in [0.1, 0.15) is 5.82 Å². The molecule has 0 bridgehead atoms. The Kier molecular flexibility index (Phi) is 7.38. The van der Waals surface area contributed by atoms with Gasteiger partial charge in [0.2, 0.25) is 5.75 Å². The summed E-state index contributed by atoms with van der Waals surface area (Å²) in [6, 6.07) is 10.1. The summed E-state index contributed by atoms with van der Waals surface area (Å²) in [5.74, 6) is 1.17. The quantitative estimate of drug-likeness (QED) is 0.652. The minimum Gasteiger partial charge on any atom is -0.490 e. The van der Waals surface area contributed by atoms with Crippen molar-refractivity contribution in [1.29, 1.82) is 0 Å². The summed E-state index contributed by atoms with van der Waals surface area (Å²) >= 11 is 0. The molecular weight excluding hydrogens is 387 g/mol. The van der Waals surface area contributed by atoms with E-state index >= 15 is 0 Å². The summed E-state index contributed by atoms with van der Waals surface area (Å²) in [6.45, 7) is 9.17. The Morgan fingerprint density at radius 1 is 0.900 bits per heavy atom. The van der Waals surface area contributed by atoms with Gasteiger partial charge in [-0.05, 0) is 45.0 Å². The summed E-state index contributed by atoms with van der Waals surface area (Å²) in [6.07, 6.45) is 0. The van der Waals surface area contributed by atoms with Crippen LogP contribution in [-0.2, 0) is 0 Å². The number of hydrogen-bond acceptors (Lipinski definition) is 5. The smallest absolute Gasteiger partial charge is 0.254 e. The maximum Gasteiger partial charge on any atom is 0.254 e. The molecule has 1 fully saturated rings. The van der Waals surface area contributed by atoms with Crippen LogP contribution in [0.3, 0.4) is 0 Å². The van der Waals surface area contributed by atoms with Gasteiger partial charge < -0.3 is 24.0 Å². The monoisotopic (exact) mass is 416 g/mol. The zero-order valence-electron chi connectivity index (χ0n) is 17.8. The lowest BCUT2D eigenvalue weighted by Crippen LogP contribution is -2.49. The van der Waals surface area contributed by atoms with E-state index in [4.69, 9.17) is 14.2 Å². The molecule has 0 atom stereocenters. The Morgan fingerprint density at radius 3 is 2.00 bits per heavy atom. The van der Waals surface area contributed by atoms with Crippen LogP contribution in [0.1, 0.15) is 31.1 Å². The number of amides is 1. The largest absolute Gasteiger partial charge is 0.490 e. The second-order valence-electron chi connectivity index (χ2n) is 6.83. The lowest BCUT2D eigenvalue weighted by Gasteiger charge is -2.36. The van der Waals surface area contributed by atoms with Crippen molar-refractivity contribution in [1.82, 2.24) is 4.90 Å². The minimum absolute atomic E-state index is 0.104. The minimum atomic E-state index is -0.244. The third kappa shape index (κ3) is 4.78. The highest BCUT2D eigenvalue weighted by molar-refractivity contribution is 5.95. The van der Waals surface area contributed by atoms with Crippen LogP contribution in [0.15, 0.2) is 36.4 Å². The molecule has 1 aliphatic rings. The first-order valence-corrected chi connectivity index (χ1v) is 10.4. The zero-order valence-corrected chi connectivity index (χ0v) is 17.8. The van der Waals surface area contributed by atoms with Gasteiger partial charge >= 0.3 is 0 Å². The van der Waals surface area contributed by atoms with E-state index in [-0.39, 0.29) is 11.7 Å². The van der Waals surface area contributed by atoms with E-state index in [1.165, 1.54) is 6.07 Å². The first-order chi connectivity index (χ1) is 14.6. The fourth-order valence-corrected chi connectivity index (χ4v) is 3.55. The van der Waals surface area contributed by atoms with Gasteiger partial charge in [0.15, 0.2) is 11.5 Å². The SMILES string of the molecule is CCOc1cc(C(=O)N2CCN(c3ccccc3F)CC2)cc(OCC)c1OCC. The summed E-state index contributed by atoms with van der Waals surface area (Å²) in [5, 5.41) is 0. The van der Waals surface area contributed by atoms with Gasteiger partial charge in [-0.3, -0.25) is 4.79 Å². The number of para-hydroxylation sites is 1. The fraction of sp³-hybridized carbons (Fsp3) is 0.435. The van der Waals surface area contributed by atoms with Crippen LogP contribution in [0, 0.1) is 5.82 Å². The number of carbonyl (C=O) groups excluding carboxylic acids is 1. The second kappa shape index (κ2) is 10.2. The maximum atomic E-state index is 14.1. The summed E-state index contributed by atoms with van der Waals surface area (Å²) in [5.41, 5.74) is 1.06. The Balaban J connectivity index is 1.78. The van der Waals surface area contributed by atoms with E-state index in [1.54, 1.807) is 29.2 Å². The summed E-state index contributed by atoms with van der Waals surface area (Å²) < 4.78 is 31.2. The molecule has 30 heavy (non-hydrogen) atoms. The van der Waals surface area contributed by atoms with Crippen LogP contribution < -0.4 is 19.1 Å². The number of halogens is 1. The van der Waals surface area contributed by atoms with Gasteiger partial charge in [-0.25, -0.2) is 4.39 Å². The van der Waals surface area contributed by atoms with Crippen LogP contribution in [0.5, 0.6) is 17.2 Å². The highest BCUT2D eigenvalue weighted by atomic mass is 19.1. The van der Waals surface area contributed by atoms with Crippen LogP contribution >= 0.6 is 0 Å². The number of nitrogens with zero attached hydrogens (tertiary/aromatic N) is 2. The molecule has 1 amide bonds. The average molecular weight is 416 g/mol. The van der Waals surface area contributed by atoms with E-state index in [9.17, 15) is 9.18 Å². The molecule has 1 heterocycles. The Morgan fingerprint density at radius 2 is 1.47 bits per heavy atom. The van der Waals surface area contributed by atoms with Crippen molar-refractivity contribution in [2.24, 2.45) is 0 Å². The molecule has 162 valence electrons. The molecule has 0 aromatic heterocycles. The molecule has 0 N–H and O–H groups in total. The van der Waals surface area contributed by atoms with Crippen molar-refractivity contribution >= 4 is 11.6 Å². The fourth-order valence-electron chi connectivity index (χ4n) is 3.55. The molecule has 6 nitrogen and oxygen atoms in total. The number of anilines is 1. The second-order valence-corrected chi connectivity index (χ2v) is 6.83. The molecule has 3 rings (SSSR count). The molecule has 0 saturated carbocycles. The Labute approximate surface area is 177 Å². The van der Waals surface area contributed by atoms with Gasteiger partial charge in [0.25, 0.3) is 5.91 Å². The average Bonchev–Trinajstić information content (AvgIpc) is 2.76. The van der Waals surface area contributed by atoms with Gasteiger partial charge in [-0.15, -0.1) is 0 Å². The van der Waals surface area contributed by atoms with E-state index in [2.05, 4.69) is 0 Å². The number of piperazine rings is 1. The van der Waals surface area contributed by atoms with Crippen molar-refractivity contribution in [3.05, 3.63) is 47.8 Å². The van der Waals surface area contributed by atoms with Gasteiger partial charge in [-0.1, -0.05) is 12.1 Å². The molecule has 7 heteroatoms. The van der Waals surface area contributed by atoms with Crippen LogP contribution in [0.4, 0.5) is 10.1 Å². The van der Waals surface area contributed by atoms with Crippen molar-refractivity contribution in [2.75, 3.05) is 50.9 Å².